The summed E-state index contributed by atoms with van der Waals surface area (Å²) in [6.07, 6.45) is 1.69. The van der Waals surface area contributed by atoms with E-state index in [1.54, 1.807) is 19.4 Å². The Morgan fingerprint density at radius 1 is 1.17 bits per heavy atom. The number of aromatic nitrogens is 2. The van der Waals surface area contributed by atoms with Crippen LogP contribution in [0.15, 0.2) is 36.5 Å². The fourth-order valence-electron chi connectivity index (χ4n) is 2.60. The van der Waals surface area contributed by atoms with E-state index in [0.29, 0.717) is 18.4 Å². The van der Waals surface area contributed by atoms with Crippen LogP contribution in [0, 0.1) is 0 Å². The zero-order chi connectivity index (χ0) is 15.9. The van der Waals surface area contributed by atoms with E-state index in [9.17, 15) is 0 Å². The zero-order valence-corrected chi connectivity index (χ0v) is 13.4. The Bertz CT molecular complexity index is 629. The molecule has 1 N–H and O–H groups in total. The molecule has 1 aliphatic rings. The summed E-state index contributed by atoms with van der Waals surface area (Å²) in [4.78, 5) is 10.9. The zero-order valence-electron chi connectivity index (χ0n) is 13.4. The molecule has 0 saturated carbocycles. The number of hydrogen-bond acceptors (Lipinski definition) is 6. The Hall–Kier alpha value is -2.18. The van der Waals surface area contributed by atoms with Crippen LogP contribution in [0.25, 0.3) is 0 Å². The van der Waals surface area contributed by atoms with Crippen molar-refractivity contribution in [1.82, 2.24) is 14.9 Å². The first kappa shape index (κ1) is 15.7. The van der Waals surface area contributed by atoms with E-state index in [2.05, 4.69) is 44.5 Å². The Balaban J connectivity index is 1.65. The third-order valence-corrected chi connectivity index (χ3v) is 3.89. The van der Waals surface area contributed by atoms with Gasteiger partial charge in [0.05, 0.1) is 20.3 Å². The van der Waals surface area contributed by atoms with E-state index >= 15 is 0 Å². The number of morpholine rings is 1. The molecule has 6 heteroatoms. The second-order valence-corrected chi connectivity index (χ2v) is 5.43. The predicted molar refractivity (Wildman–Crippen MR) is 88.4 cm³/mol. The van der Waals surface area contributed by atoms with Gasteiger partial charge in [-0.25, -0.2) is 4.98 Å². The lowest BCUT2D eigenvalue weighted by molar-refractivity contribution is 0.0341. The average molecular weight is 314 g/mol. The van der Waals surface area contributed by atoms with Gasteiger partial charge in [0.2, 0.25) is 11.8 Å². The Morgan fingerprint density at radius 2 is 1.96 bits per heavy atom. The minimum atomic E-state index is 0.559. The van der Waals surface area contributed by atoms with Crippen LogP contribution in [0.5, 0.6) is 5.88 Å². The van der Waals surface area contributed by atoms with Crippen LogP contribution in [0.2, 0.25) is 0 Å². The summed E-state index contributed by atoms with van der Waals surface area (Å²) in [6, 6.07) is 10.2. The summed E-state index contributed by atoms with van der Waals surface area (Å²) in [5.74, 6) is 1.13. The summed E-state index contributed by atoms with van der Waals surface area (Å²) in [5, 5.41) is 3.27. The minimum absolute atomic E-state index is 0.559. The lowest BCUT2D eigenvalue weighted by Gasteiger charge is -2.27. The van der Waals surface area contributed by atoms with E-state index < -0.39 is 0 Å². The molecule has 3 rings (SSSR count). The lowest BCUT2D eigenvalue weighted by atomic mass is 10.1. The molecule has 2 aromatic rings. The second-order valence-electron chi connectivity index (χ2n) is 5.43. The van der Waals surface area contributed by atoms with E-state index in [4.69, 9.17) is 9.47 Å². The number of nitrogens with one attached hydrogen (secondary N) is 1. The third kappa shape index (κ3) is 4.40. The number of methoxy groups -OCH3 is 1. The summed E-state index contributed by atoms with van der Waals surface area (Å²) in [7, 11) is 1.60. The first-order valence-corrected chi connectivity index (χ1v) is 7.83. The summed E-state index contributed by atoms with van der Waals surface area (Å²) in [6.45, 7) is 5.24. The maximum absolute atomic E-state index is 5.41. The molecule has 0 atom stereocenters. The van der Waals surface area contributed by atoms with Gasteiger partial charge in [0, 0.05) is 38.4 Å². The van der Waals surface area contributed by atoms with Crippen molar-refractivity contribution >= 4 is 5.95 Å². The first-order chi connectivity index (χ1) is 11.3. The number of nitrogens with zero attached hydrogens (tertiary/aromatic N) is 3. The molecule has 1 aliphatic heterocycles. The van der Waals surface area contributed by atoms with Crippen molar-refractivity contribution in [3.63, 3.8) is 0 Å². The summed E-state index contributed by atoms with van der Waals surface area (Å²) >= 11 is 0. The molecular formula is C17H22N4O2. The molecule has 1 aromatic carbocycles. The number of ether oxygens (including phenoxy) is 2. The van der Waals surface area contributed by atoms with Crippen LogP contribution in [0.3, 0.4) is 0 Å². The Kier molecular flexibility index (Phi) is 5.39. The van der Waals surface area contributed by atoms with Crippen LogP contribution < -0.4 is 10.1 Å². The molecular weight excluding hydrogens is 292 g/mol. The molecule has 0 unspecified atom stereocenters. The van der Waals surface area contributed by atoms with Crippen molar-refractivity contribution in [2.75, 3.05) is 38.7 Å². The number of benzene rings is 1. The van der Waals surface area contributed by atoms with Gasteiger partial charge in [-0.2, -0.15) is 4.98 Å². The van der Waals surface area contributed by atoms with Crippen molar-refractivity contribution in [3.8, 4) is 5.88 Å². The van der Waals surface area contributed by atoms with Gasteiger partial charge in [-0.15, -0.1) is 0 Å². The van der Waals surface area contributed by atoms with Gasteiger partial charge in [-0.1, -0.05) is 24.3 Å². The van der Waals surface area contributed by atoms with Crippen molar-refractivity contribution in [2.24, 2.45) is 0 Å². The molecule has 0 amide bonds. The predicted octanol–water partition coefficient (Wildman–Crippen LogP) is 1.93. The first-order valence-electron chi connectivity index (χ1n) is 7.83. The molecule has 0 radical (unpaired) electrons. The molecule has 0 aliphatic carbocycles. The van der Waals surface area contributed by atoms with Crippen LogP contribution in [0.1, 0.15) is 11.1 Å². The second kappa shape index (κ2) is 7.89. The fourth-order valence-corrected chi connectivity index (χ4v) is 2.60. The highest BCUT2D eigenvalue weighted by atomic mass is 16.5. The van der Waals surface area contributed by atoms with Gasteiger partial charge >= 0.3 is 0 Å². The molecule has 1 saturated heterocycles. The largest absolute Gasteiger partial charge is 0.481 e. The SMILES string of the molecule is COc1ccnc(NCc2ccccc2CN2CCOCC2)n1. The quantitative estimate of drug-likeness (QED) is 0.879. The van der Waals surface area contributed by atoms with Crippen molar-refractivity contribution in [2.45, 2.75) is 13.1 Å². The minimum Gasteiger partial charge on any atom is -0.481 e. The molecule has 0 bridgehead atoms. The molecule has 1 fully saturated rings. The molecule has 2 heterocycles. The Morgan fingerprint density at radius 3 is 2.74 bits per heavy atom. The highest BCUT2D eigenvalue weighted by Crippen LogP contribution is 2.15. The molecule has 6 nitrogen and oxygen atoms in total. The molecule has 0 spiro atoms. The smallest absolute Gasteiger partial charge is 0.226 e. The van der Waals surface area contributed by atoms with E-state index in [0.717, 1.165) is 32.8 Å². The highest BCUT2D eigenvalue weighted by Gasteiger charge is 2.12. The van der Waals surface area contributed by atoms with Crippen LogP contribution >= 0.6 is 0 Å². The van der Waals surface area contributed by atoms with Gasteiger partial charge in [-0.3, -0.25) is 4.90 Å². The number of anilines is 1. The Labute approximate surface area is 136 Å². The van der Waals surface area contributed by atoms with Gasteiger partial charge in [0.25, 0.3) is 0 Å². The van der Waals surface area contributed by atoms with E-state index in [-0.39, 0.29) is 0 Å². The van der Waals surface area contributed by atoms with Crippen molar-refractivity contribution in [1.29, 1.82) is 0 Å². The van der Waals surface area contributed by atoms with Gasteiger partial charge in [0.15, 0.2) is 0 Å². The highest BCUT2D eigenvalue weighted by molar-refractivity contribution is 5.33. The topological polar surface area (TPSA) is 59.5 Å². The van der Waals surface area contributed by atoms with E-state index in [1.807, 2.05) is 0 Å². The lowest BCUT2D eigenvalue weighted by Crippen LogP contribution is -2.35. The number of rotatable bonds is 6. The van der Waals surface area contributed by atoms with Crippen molar-refractivity contribution in [3.05, 3.63) is 47.7 Å². The van der Waals surface area contributed by atoms with Crippen LogP contribution in [0.4, 0.5) is 5.95 Å². The normalized spacial score (nSPS) is 15.3. The third-order valence-electron chi connectivity index (χ3n) is 3.89. The average Bonchev–Trinajstić information content (AvgIpc) is 2.62. The van der Waals surface area contributed by atoms with Gasteiger partial charge in [-0.05, 0) is 11.1 Å². The molecule has 1 aromatic heterocycles. The van der Waals surface area contributed by atoms with Crippen LogP contribution in [-0.4, -0.2) is 48.3 Å². The maximum Gasteiger partial charge on any atom is 0.226 e. The van der Waals surface area contributed by atoms with Gasteiger partial charge < -0.3 is 14.8 Å². The summed E-state index contributed by atoms with van der Waals surface area (Å²) < 4.78 is 10.5. The maximum atomic E-state index is 5.41. The molecule has 23 heavy (non-hydrogen) atoms. The standard InChI is InChI=1S/C17H22N4O2/c1-22-16-6-7-18-17(20-16)19-12-14-4-2-3-5-15(14)13-21-8-10-23-11-9-21/h2-7H,8-13H2,1H3,(H,18,19,20). The molecule has 122 valence electrons. The monoisotopic (exact) mass is 314 g/mol. The van der Waals surface area contributed by atoms with E-state index in [1.165, 1.54) is 11.1 Å². The van der Waals surface area contributed by atoms with Gasteiger partial charge in [0.1, 0.15) is 0 Å². The fraction of sp³-hybridized carbons (Fsp3) is 0.412. The van der Waals surface area contributed by atoms with Crippen molar-refractivity contribution < 1.29 is 9.47 Å². The van der Waals surface area contributed by atoms with Crippen LogP contribution in [-0.2, 0) is 17.8 Å². The number of hydrogen-bond donors (Lipinski definition) is 1. The summed E-state index contributed by atoms with van der Waals surface area (Å²) in [5.41, 5.74) is 2.58.